The molecule has 0 bridgehead atoms. The minimum absolute atomic E-state index is 0.294. The van der Waals surface area contributed by atoms with E-state index in [4.69, 9.17) is 14.1 Å². The van der Waals surface area contributed by atoms with E-state index in [0.717, 1.165) is 63.3 Å². The first kappa shape index (κ1) is 17.3. The van der Waals surface area contributed by atoms with E-state index in [-0.39, 0.29) is 0 Å². The quantitative estimate of drug-likeness (QED) is 0.664. The largest absolute Gasteiger partial charge is 0.469 e. The molecule has 2 aliphatic rings. The van der Waals surface area contributed by atoms with Gasteiger partial charge in [-0.2, -0.15) is 0 Å². The molecule has 2 saturated heterocycles. The summed E-state index contributed by atoms with van der Waals surface area (Å²) in [5.74, 6) is 2.80. The van der Waals surface area contributed by atoms with Crippen LogP contribution in [0.3, 0.4) is 0 Å². The van der Waals surface area contributed by atoms with Crippen molar-refractivity contribution in [3.05, 3.63) is 24.2 Å². The Hall–Kier alpha value is -1.49. The molecule has 1 aromatic rings. The molecule has 1 aromatic heterocycles. The van der Waals surface area contributed by atoms with Crippen LogP contribution in [0.2, 0.25) is 0 Å². The van der Waals surface area contributed by atoms with Gasteiger partial charge in [-0.1, -0.05) is 6.92 Å². The summed E-state index contributed by atoms with van der Waals surface area (Å²) < 4.78 is 11.3. The first-order chi connectivity index (χ1) is 11.8. The molecule has 24 heavy (non-hydrogen) atoms. The fourth-order valence-electron chi connectivity index (χ4n) is 3.54. The van der Waals surface area contributed by atoms with E-state index in [1.54, 1.807) is 6.26 Å². The summed E-state index contributed by atoms with van der Waals surface area (Å²) in [6.45, 7) is 7.04. The molecule has 2 aliphatic heterocycles. The van der Waals surface area contributed by atoms with Crippen LogP contribution >= 0.6 is 0 Å². The van der Waals surface area contributed by atoms with Crippen molar-refractivity contribution >= 4 is 5.96 Å². The average Bonchev–Trinajstić information content (AvgIpc) is 3.12. The topological polar surface area (TPSA) is 50.0 Å². The third-order valence-corrected chi connectivity index (χ3v) is 4.91. The zero-order valence-electron chi connectivity index (χ0n) is 14.9. The summed E-state index contributed by atoms with van der Waals surface area (Å²) in [5, 5.41) is 3.55. The van der Waals surface area contributed by atoms with Crippen LogP contribution in [0.4, 0.5) is 0 Å². The second kappa shape index (κ2) is 9.11. The molecule has 2 unspecified atom stereocenters. The summed E-state index contributed by atoms with van der Waals surface area (Å²) in [7, 11) is 0. The molecule has 3 rings (SSSR count). The molecule has 3 heterocycles. The number of ether oxygens (including phenoxy) is 1. The van der Waals surface area contributed by atoms with Gasteiger partial charge in [0.15, 0.2) is 5.96 Å². The van der Waals surface area contributed by atoms with Crippen molar-refractivity contribution in [2.24, 2.45) is 10.9 Å². The number of hydrogen-bond acceptors (Lipinski definition) is 3. The van der Waals surface area contributed by atoms with Crippen LogP contribution in [0.15, 0.2) is 27.8 Å². The van der Waals surface area contributed by atoms with E-state index >= 15 is 0 Å². The van der Waals surface area contributed by atoms with Crippen molar-refractivity contribution in [3.63, 3.8) is 0 Å². The Morgan fingerprint density at radius 1 is 1.33 bits per heavy atom. The standard InChI is InChI=1S/C19H31N3O2/c1-16-6-4-11-22(15-16)19(20-10-9-17-8-5-13-23-17)21-14-18-7-2-3-12-24-18/h5,8,13,16,18H,2-4,6-7,9-12,14-15H2,1H3,(H,20,21). The fraction of sp³-hybridized carbons (Fsp3) is 0.737. The molecule has 0 aromatic carbocycles. The Kier molecular flexibility index (Phi) is 6.58. The molecule has 0 aliphatic carbocycles. The Balaban J connectivity index is 1.56. The predicted molar refractivity (Wildman–Crippen MR) is 96.3 cm³/mol. The van der Waals surface area contributed by atoms with E-state index in [9.17, 15) is 0 Å². The molecule has 0 radical (unpaired) electrons. The number of furan rings is 1. The highest BCUT2D eigenvalue weighted by Crippen LogP contribution is 2.16. The van der Waals surface area contributed by atoms with Gasteiger partial charge in [0, 0.05) is 32.7 Å². The molecule has 134 valence electrons. The maximum atomic E-state index is 5.83. The Bertz CT molecular complexity index is 495. The number of piperidine rings is 1. The normalized spacial score (nSPS) is 25.7. The zero-order chi connectivity index (χ0) is 16.6. The molecule has 0 amide bonds. The lowest BCUT2D eigenvalue weighted by atomic mass is 10.0. The molecular weight excluding hydrogens is 302 g/mol. The van der Waals surface area contributed by atoms with Crippen molar-refractivity contribution < 1.29 is 9.15 Å². The average molecular weight is 333 g/mol. The molecule has 2 fully saturated rings. The number of hydrogen-bond donors (Lipinski definition) is 1. The first-order valence-electron chi connectivity index (χ1n) is 9.48. The number of nitrogens with one attached hydrogen (secondary N) is 1. The molecule has 0 spiro atoms. The van der Waals surface area contributed by atoms with Crippen LogP contribution in [0.1, 0.15) is 44.8 Å². The van der Waals surface area contributed by atoms with Crippen LogP contribution < -0.4 is 5.32 Å². The summed E-state index contributed by atoms with van der Waals surface area (Å²) in [4.78, 5) is 7.32. The van der Waals surface area contributed by atoms with E-state index in [2.05, 4.69) is 17.1 Å². The Labute approximate surface area is 145 Å². The Morgan fingerprint density at radius 3 is 3.04 bits per heavy atom. The van der Waals surface area contributed by atoms with E-state index < -0.39 is 0 Å². The summed E-state index contributed by atoms with van der Waals surface area (Å²) >= 11 is 0. The lowest BCUT2D eigenvalue weighted by Gasteiger charge is -2.34. The third kappa shape index (κ3) is 5.26. The molecule has 5 nitrogen and oxygen atoms in total. The van der Waals surface area contributed by atoms with Crippen LogP contribution in [0, 0.1) is 5.92 Å². The first-order valence-corrected chi connectivity index (χ1v) is 9.48. The van der Waals surface area contributed by atoms with Gasteiger partial charge in [0.1, 0.15) is 5.76 Å². The second-order valence-electron chi connectivity index (χ2n) is 7.10. The number of rotatable bonds is 5. The highest BCUT2D eigenvalue weighted by Gasteiger charge is 2.20. The molecule has 5 heteroatoms. The van der Waals surface area contributed by atoms with E-state index in [1.165, 1.54) is 25.7 Å². The van der Waals surface area contributed by atoms with Gasteiger partial charge in [-0.25, -0.2) is 0 Å². The molecule has 2 atom stereocenters. The molecular formula is C19H31N3O2. The van der Waals surface area contributed by atoms with Crippen molar-refractivity contribution in [3.8, 4) is 0 Å². The number of likely N-dealkylation sites (tertiary alicyclic amines) is 1. The van der Waals surface area contributed by atoms with Gasteiger partial charge in [-0.3, -0.25) is 4.99 Å². The highest BCUT2D eigenvalue weighted by atomic mass is 16.5. The highest BCUT2D eigenvalue weighted by molar-refractivity contribution is 5.80. The summed E-state index contributed by atoms with van der Waals surface area (Å²) in [5.41, 5.74) is 0. The van der Waals surface area contributed by atoms with E-state index in [0.29, 0.717) is 6.10 Å². The SMILES string of the molecule is CC1CCCN(C(=NCC2CCCCO2)NCCc2ccco2)C1. The summed E-state index contributed by atoms with van der Waals surface area (Å²) in [6.07, 6.45) is 9.08. The van der Waals surface area contributed by atoms with Gasteiger partial charge in [0.2, 0.25) is 0 Å². The second-order valence-corrected chi connectivity index (χ2v) is 7.10. The van der Waals surface area contributed by atoms with Gasteiger partial charge < -0.3 is 19.4 Å². The lowest BCUT2D eigenvalue weighted by molar-refractivity contribution is 0.0222. The van der Waals surface area contributed by atoms with Gasteiger partial charge in [-0.15, -0.1) is 0 Å². The fourth-order valence-corrected chi connectivity index (χ4v) is 3.54. The summed E-state index contributed by atoms with van der Waals surface area (Å²) in [6, 6.07) is 3.97. The third-order valence-electron chi connectivity index (χ3n) is 4.91. The smallest absolute Gasteiger partial charge is 0.194 e. The number of nitrogens with zero attached hydrogens (tertiary/aromatic N) is 2. The zero-order valence-corrected chi connectivity index (χ0v) is 14.9. The van der Waals surface area contributed by atoms with Crippen molar-refractivity contribution in [2.45, 2.75) is 51.6 Å². The van der Waals surface area contributed by atoms with Crippen LogP contribution in [0.25, 0.3) is 0 Å². The number of guanidine groups is 1. The maximum absolute atomic E-state index is 5.83. The van der Waals surface area contributed by atoms with Gasteiger partial charge in [0.05, 0.1) is 18.9 Å². The van der Waals surface area contributed by atoms with Crippen LogP contribution in [0.5, 0.6) is 0 Å². The van der Waals surface area contributed by atoms with Gasteiger partial charge >= 0.3 is 0 Å². The maximum Gasteiger partial charge on any atom is 0.194 e. The van der Waals surface area contributed by atoms with Crippen LogP contribution in [-0.2, 0) is 11.2 Å². The van der Waals surface area contributed by atoms with Gasteiger partial charge in [-0.05, 0) is 50.2 Å². The van der Waals surface area contributed by atoms with Crippen molar-refractivity contribution in [2.75, 3.05) is 32.8 Å². The molecule has 1 N–H and O–H groups in total. The minimum Gasteiger partial charge on any atom is -0.469 e. The van der Waals surface area contributed by atoms with Crippen molar-refractivity contribution in [1.82, 2.24) is 10.2 Å². The number of aliphatic imine (C=N–C) groups is 1. The Morgan fingerprint density at radius 2 is 2.29 bits per heavy atom. The predicted octanol–water partition coefficient (Wildman–Crippen LogP) is 3.07. The minimum atomic E-state index is 0.294. The molecule has 0 saturated carbocycles. The van der Waals surface area contributed by atoms with Crippen LogP contribution in [-0.4, -0.2) is 49.7 Å². The monoisotopic (exact) mass is 333 g/mol. The lowest BCUT2D eigenvalue weighted by Crippen LogP contribution is -2.47. The van der Waals surface area contributed by atoms with Gasteiger partial charge in [0.25, 0.3) is 0 Å². The van der Waals surface area contributed by atoms with Crippen molar-refractivity contribution in [1.29, 1.82) is 0 Å². The van der Waals surface area contributed by atoms with E-state index in [1.807, 2.05) is 12.1 Å².